The maximum Gasteiger partial charge on any atom is 0.295 e. The molecule has 4 rings (SSSR count). The summed E-state index contributed by atoms with van der Waals surface area (Å²) in [5.74, 6) is -1.62. The Morgan fingerprint density at radius 3 is 2.53 bits per heavy atom. The molecule has 34 heavy (non-hydrogen) atoms. The van der Waals surface area contributed by atoms with Crippen molar-refractivity contribution in [3.05, 3.63) is 63.3 Å². The van der Waals surface area contributed by atoms with Gasteiger partial charge in [-0.05, 0) is 18.6 Å². The van der Waals surface area contributed by atoms with Gasteiger partial charge in [0.05, 0.1) is 36.4 Å². The monoisotopic (exact) mass is 502 g/mol. The van der Waals surface area contributed by atoms with Crippen molar-refractivity contribution in [3.8, 4) is 11.5 Å². The van der Waals surface area contributed by atoms with Crippen LogP contribution in [0.15, 0.2) is 42.1 Å². The number of nitrogens with one attached hydrogen (secondary N) is 1. The third kappa shape index (κ3) is 3.79. The van der Waals surface area contributed by atoms with Crippen LogP contribution in [0.4, 0.5) is 0 Å². The number of ketones is 1. The van der Waals surface area contributed by atoms with E-state index in [1.807, 2.05) is 31.2 Å². The van der Waals surface area contributed by atoms with Crippen LogP contribution in [0.1, 0.15) is 36.9 Å². The number of likely N-dealkylation sites (tertiary alicyclic amines) is 1. The van der Waals surface area contributed by atoms with E-state index in [0.717, 1.165) is 17.3 Å². The molecule has 0 aliphatic carbocycles. The van der Waals surface area contributed by atoms with Crippen LogP contribution < -0.4 is 9.47 Å². The molecule has 1 aliphatic rings. The first-order valence-electron chi connectivity index (χ1n) is 10.8. The number of aromatic amines is 1. The van der Waals surface area contributed by atoms with E-state index in [1.165, 1.54) is 25.2 Å². The Hall–Kier alpha value is -3.16. The molecule has 0 saturated carbocycles. The molecule has 2 heterocycles. The van der Waals surface area contributed by atoms with Gasteiger partial charge in [-0.25, -0.2) is 0 Å². The van der Waals surface area contributed by atoms with Crippen LogP contribution in [0.2, 0.25) is 10.0 Å². The minimum Gasteiger partial charge on any atom is -0.507 e. The maximum absolute atomic E-state index is 13.3. The summed E-state index contributed by atoms with van der Waals surface area (Å²) >= 11 is 12.7. The minimum atomic E-state index is -0.799. The second kappa shape index (κ2) is 9.60. The van der Waals surface area contributed by atoms with Crippen LogP contribution in [0.25, 0.3) is 16.7 Å². The summed E-state index contributed by atoms with van der Waals surface area (Å²) in [6.07, 6.45) is 3.30. The zero-order valence-electron chi connectivity index (χ0n) is 18.9. The predicted octanol–water partition coefficient (Wildman–Crippen LogP) is 5.71. The Balaban J connectivity index is 1.99. The number of hydrogen-bond donors (Lipinski definition) is 2. The number of aromatic nitrogens is 1. The van der Waals surface area contributed by atoms with Crippen molar-refractivity contribution >= 4 is 51.6 Å². The fraction of sp³-hybridized carbons (Fsp3) is 0.280. The highest BCUT2D eigenvalue weighted by molar-refractivity contribution is 6.47. The number of methoxy groups -OCH3 is 2. The number of ether oxygens (including phenoxy) is 2. The minimum absolute atomic E-state index is 0.0444. The van der Waals surface area contributed by atoms with E-state index in [4.69, 9.17) is 32.7 Å². The van der Waals surface area contributed by atoms with Gasteiger partial charge in [0.1, 0.15) is 10.8 Å². The Morgan fingerprint density at radius 2 is 1.85 bits per heavy atom. The third-order valence-corrected chi connectivity index (χ3v) is 6.63. The molecule has 7 nitrogen and oxygen atoms in total. The summed E-state index contributed by atoms with van der Waals surface area (Å²) in [7, 11) is 2.78. The molecule has 1 fully saturated rings. The Kier molecular flexibility index (Phi) is 6.77. The van der Waals surface area contributed by atoms with E-state index in [0.29, 0.717) is 18.5 Å². The van der Waals surface area contributed by atoms with Gasteiger partial charge in [-0.15, -0.1) is 0 Å². The van der Waals surface area contributed by atoms with Crippen LogP contribution in [0, 0.1) is 0 Å². The van der Waals surface area contributed by atoms with E-state index >= 15 is 0 Å². The fourth-order valence-corrected chi connectivity index (χ4v) is 5.06. The number of H-pyrrole nitrogens is 1. The van der Waals surface area contributed by atoms with Gasteiger partial charge >= 0.3 is 0 Å². The lowest BCUT2D eigenvalue weighted by Gasteiger charge is -2.25. The first-order valence-corrected chi connectivity index (χ1v) is 11.6. The number of halogens is 2. The molecule has 9 heteroatoms. The number of benzene rings is 2. The van der Waals surface area contributed by atoms with Gasteiger partial charge in [0.25, 0.3) is 11.7 Å². The molecular formula is C25H24Cl2N2O5. The van der Waals surface area contributed by atoms with Gasteiger partial charge in [-0.1, -0.05) is 54.7 Å². The molecule has 2 N–H and O–H groups in total. The summed E-state index contributed by atoms with van der Waals surface area (Å²) in [5, 5.41) is 12.5. The number of hydrogen-bond acceptors (Lipinski definition) is 5. The molecule has 1 aliphatic heterocycles. The average molecular weight is 503 g/mol. The van der Waals surface area contributed by atoms with E-state index in [-0.39, 0.29) is 32.7 Å². The van der Waals surface area contributed by atoms with E-state index in [1.54, 1.807) is 6.20 Å². The lowest BCUT2D eigenvalue weighted by atomic mass is 9.94. The zero-order chi connectivity index (χ0) is 24.6. The number of fused-ring (bicyclic) bond motifs is 1. The lowest BCUT2D eigenvalue weighted by molar-refractivity contribution is -0.139. The standard InChI is InChI=1S/C25H24Cl2N2O5/c1-4-5-10-29-20(15-12-28-17-9-7-6-8-13(15)17)18(22(31)25(29)32)21(30)14-11-16(26)24(34-3)19(27)23(14)33-2/h6-9,11-12,20,28,30H,4-5,10H2,1-3H3/b21-18+. The number of Topliss-reactive ketones (excluding diaryl/α,β-unsaturated/α-hetero) is 1. The van der Waals surface area contributed by atoms with Gasteiger partial charge in [-0.3, -0.25) is 9.59 Å². The SMILES string of the molecule is CCCCN1C(=O)C(=O)/C(=C(/O)c2cc(Cl)c(OC)c(Cl)c2OC)C1c1c[nH]c2ccccc12. The highest BCUT2D eigenvalue weighted by atomic mass is 35.5. The Labute approximate surface area is 206 Å². The van der Waals surface area contributed by atoms with Gasteiger partial charge < -0.3 is 24.5 Å². The molecule has 1 amide bonds. The van der Waals surface area contributed by atoms with Crippen LogP contribution in [0.5, 0.6) is 11.5 Å². The first kappa shape index (κ1) is 24.0. The van der Waals surface area contributed by atoms with E-state index in [9.17, 15) is 14.7 Å². The molecule has 0 spiro atoms. The molecular weight excluding hydrogens is 479 g/mol. The molecule has 178 valence electrons. The fourth-order valence-electron chi connectivity index (χ4n) is 4.37. The number of unbranched alkanes of at least 4 members (excludes halogenated alkanes) is 1. The topological polar surface area (TPSA) is 91.9 Å². The van der Waals surface area contributed by atoms with Crippen molar-refractivity contribution in [2.45, 2.75) is 25.8 Å². The van der Waals surface area contributed by atoms with Gasteiger partial charge in [0, 0.05) is 29.2 Å². The molecule has 1 unspecified atom stereocenters. The maximum atomic E-state index is 13.3. The molecule has 0 bridgehead atoms. The van der Waals surface area contributed by atoms with Crippen LogP contribution in [0.3, 0.4) is 0 Å². The largest absolute Gasteiger partial charge is 0.507 e. The number of amides is 1. The van der Waals surface area contributed by atoms with E-state index < -0.39 is 23.5 Å². The van der Waals surface area contributed by atoms with Crippen molar-refractivity contribution in [3.63, 3.8) is 0 Å². The summed E-state index contributed by atoms with van der Waals surface area (Å²) in [4.78, 5) is 31.1. The smallest absolute Gasteiger partial charge is 0.295 e. The Morgan fingerprint density at radius 1 is 1.15 bits per heavy atom. The lowest BCUT2D eigenvalue weighted by Crippen LogP contribution is -2.30. The third-order valence-electron chi connectivity index (χ3n) is 6.00. The summed E-state index contributed by atoms with van der Waals surface area (Å²) < 4.78 is 10.7. The normalized spacial score (nSPS) is 17.6. The molecule has 0 radical (unpaired) electrons. The van der Waals surface area contributed by atoms with Crippen LogP contribution >= 0.6 is 23.2 Å². The summed E-state index contributed by atoms with van der Waals surface area (Å²) in [6, 6.07) is 8.19. The number of carbonyl (C=O) groups is 2. The van der Waals surface area contributed by atoms with Crippen LogP contribution in [-0.4, -0.2) is 47.4 Å². The number of carbonyl (C=O) groups excluding carboxylic acids is 2. The van der Waals surface area contributed by atoms with E-state index in [2.05, 4.69) is 4.98 Å². The molecule has 1 atom stereocenters. The van der Waals surface area contributed by atoms with Gasteiger partial charge in [0.15, 0.2) is 11.5 Å². The quantitative estimate of drug-likeness (QED) is 0.245. The molecule has 1 aromatic heterocycles. The first-order chi connectivity index (χ1) is 16.3. The van der Waals surface area contributed by atoms with Crippen molar-refractivity contribution in [1.29, 1.82) is 0 Å². The number of nitrogens with zero attached hydrogens (tertiary/aromatic N) is 1. The number of para-hydroxylation sites is 1. The van der Waals surface area contributed by atoms with Crippen molar-refractivity contribution in [1.82, 2.24) is 9.88 Å². The molecule has 3 aromatic rings. The van der Waals surface area contributed by atoms with Gasteiger partial charge in [-0.2, -0.15) is 0 Å². The van der Waals surface area contributed by atoms with Crippen molar-refractivity contribution in [2.24, 2.45) is 0 Å². The second-order valence-corrected chi connectivity index (χ2v) is 8.71. The Bertz CT molecular complexity index is 1310. The highest BCUT2D eigenvalue weighted by Gasteiger charge is 2.47. The number of aliphatic hydroxyl groups excluding tert-OH is 1. The van der Waals surface area contributed by atoms with Crippen molar-refractivity contribution in [2.75, 3.05) is 20.8 Å². The zero-order valence-corrected chi connectivity index (χ0v) is 20.5. The average Bonchev–Trinajstić information content (AvgIpc) is 3.36. The number of rotatable bonds is 7. The highest BCUT2D eigenvalue weighted by Crippen LogP contribution is 2.48. The van der Waals surface area contributed by atoms with Gasteiger partial charge in [0.2, 0.25) is 0 Å². The summed E-state index contributed by atoms with van der Waals surface area (Å²) in [6.45, 7) is 2.37. The molecule has 2 aromatic carbocycles. The summed E-state index contributed by atoms with van der Waals surface area (Å²) in [5.41, 5.74) is 1.60. The molecule has 1 saturated heterocycles. The number of aliphatic hydroxyl groups is 1. The second-order valence-electron chi connectivity index (χ2n) is 7.92. The van der Waals surface area contributed by atoms with Crippen molar-refractivity contribution < 1.29 is 24.2 Å². The predicted molar refractivity (Wildman–Crippen MR) is 132 cm³/mol. The van der Waals surface area contributed by atoms with Crippen LogP contribution in [-0.2, 0) is 9.59 Å².